The quantitative estimate of drug-likeness (QED) is 0.753. The number of benzene rings is 1. The van der Waals surface area contributed by atoms with E-state index >= 15 is 0 Å². The number of rotatable bonds is 6. The Kier molecular flexibility index (Phi) is 5.73. The summed E-state index contributed by atoms with van der Waals surface area (Å²) in [6.45, 7) is 8.88. The minimum Gasteiger partial charge on any atom is -0.303 e. The highest BCUT2D eigenvalue weighted by molar-refractivity contribution is 7.99. The van der Waals surface area contributed by atoms with Crippen LogP contribution in [0, 0.1) is 6.92 Å². The summed E-state index contributed by atoms with van der Waals surface area (Å²) in [5.41, 5.74) is 2.43. The van der Waals surface area contributed by atoms with Gasteiger partial charge in [0.05, 0.1) is 0 Å². The van der Waals surface area contributed by atoms with Gasteiger partial charge in [0, 0.05) is 24.4 Å². The van der Waals surface area contributed by atoms with Crippen molar-refractivity contribution in [1.29, 1.82) is 0 Å². The van der Waals surface area contributed by atoms with Crippen LogP contribution in [-0.4, -0.2) is 45.1 Å². The standard InChI is InChI=1S/C18H26N4S/c1-3-22-17(16-10-6-5-9-15(16)2)19-20-18(22)23-14-13-21-11-7-4-8-12-21/h5-6,9-10H,3-4,7-8,11-14H2,1-2H3. The van der Waals surface area contributed by atoms with E-state index in [1.165, 1.54) is 43.5 Å². The van der Waals surface area contributed by atoms with Gasteiger partial charge in [0.2, 0.25) is 0 Å². The maximum absolute atomic E-state index is 4.46. The van der Waals surface area contributed by atoms with Crippen LogP contribution in [0.1, 0.15) is 31.7 Å². The lowest BCUT2D eigenvalue weighted by atomic mass is 10.1. The van der Waals surface area contributed by atoms with Gasteiger partial charge in [-0.05, 0) is 45.3 Å². The van der Waals surface area contributed by atoms with Crippen LogP contribution in [0.15, 0.2) is 29.4 Å². The Morgan fingerprint density at radius 2 is 1.87 bits per heavy atom. The zero-order valence-electron chi connectivity index (χ0n) is 14.2. The third-order valence-electron chi connectivity index (χ3n) is 4.51. The number of nitrogens with zero attached hydrogens (tertiary/aromatic N) is 4. The molecule has 124 valence electrons. The van der Waals surface area contributed by atoms with Crippen LogP contribution in [0.5, 0.6) is 0 Å². The lowest BCUT2D eigenvalue weighted by Crippen LogP contribution is -2.31. The number of likely N-dealkylation sites (tertiary alicyclic amines) is 1. The van der Waals surface area contributed by atoms with Gasteiger partial charge in [0.1, 0.15) is 0 Å². The van der Waals surface area contributed by atoms with Crippen LogP contribution in [0.3, 0.4) is 0 Å². The molecule has 0 amide bonds. The third-order valence-corrected chi connectivity index (χ3v) is 5.45. The van der Waals surface area contributed by atoms with Gasteiger partial charge in [0.15, 0.2) is 11.0 Å². The summed E-state index contributed by atoms with van der Waals surface area (Å²) >= 11 is 1.83. The molecule has 0 spiro atoms. The van der Waals surface area contributed by atoms with E-state index < -0.39 is 0 Å². The Balaban J connectivity index is 1.67. The van der Waals surface area contributed by atoms with Gasteiger partial charge in [-0.25, -0.2) is 0 Å². The molecule has 0 saturated carbocycles. The summed E-state index contributed by atoms with van der Waals surface area (Å²) in [7, 11) is 0. The minimum absolute atomic E-state index is 0.905. The topological polar surface area (TPSA) is 34.0 Å². The van der Waals surface area contributed by atoms with Gasteiger partial charge in [-0.15, -0.1) is 10.2 Å². The third kappa shape index (κ3) is 3.96. The van der Waals surface area contributed by atoms with E-state index in [4.69, 9.17) is 0 Å². The van der Waals surface area contributed by atoms with Gasteiger partial charge in [0.25, 0.3) is 0 Å². The van der Waals surface area contributed by atoms with Crippen LogP contribution in [0.4, 0.5) is 0 Å². The fourth-order valence-corrected chi connectivity index (χ4v) is 4.15. The molecule has 1 aromatic heterocycles. The van der Waals surface area contributed by atoms with Gasteiger partial charge < -0.3 is 9.47 Å². The summed E-state index contributed by atoms with van der Waals surface area (Å²) in [6, 6.07) is 8.40. The number of thioether (sulfide) groups is 1. The molecule has 0 unspecified atom stereocenters. The molecule has 1 saturated heterocycles. The molecule has 1 aromatic carbocycles. The molecule has 0 bridgehead atoms. The highest BCUT2D eigenvalue weighted by Gasteiger charge is 2.15. The second kappa shape index (κ2) is 7.97. The first-order valence-corrected chi connectivity index (χ1v) is 9.62. The predicted molar refractivity (Wildman–Crippen MR) is 96.9 cm³/mol. The molecule has 2 aromatic rings. The highest BCUT2D eigenvalue weighted by Crippen LogP contribution is 2.26. The number of hydrogen-bond acceptors (Lipinski definition) is 4. The van der Waals surface area contributed by atoms with Crippen molar-refractivity contribution in [2.24, 2.45) is 0 Å². The van der Waals surface area contributed by atoms with E-state index in [0.29, 0.717) is 0 Å². The van der Waals surface area contributed by atoms with E-state index in [2.05, 4.69) is 57.8 Å². The van der Waals surface area contributed by atoms with E-state index in [1.54, 1.807) is 0 Å². The van der Waals surface area contributed by atoms with Gasteiger partial charge in [-0.3, -0.25) is 0 Å². The van der Waals surface area contributed by atoms with Crippen LogP contribution >= 0.6 is 11.8 Å². The number of aromatic nitrogens is 3. The molecule has 3 rings (SSSR count). The van der Waals surface area contributed by atoms with E-state index in [0.717, 1.165) is 29.8 Å². The fourth-order valence-electron chi connectivity index (χ4n) is 3.15. The first-order valence-electron chi connectivity index (χ1n) is 8.64. The van der Waals surface area contributed by atoms with Crippen LogP contribution < -0.4 is 0 Å². The molecule has 0 radical (unpaired) electrons. The van der Waals surface area contributed by atoms with Gasteiger partial charge >= 0.3 is 0 Å². The molecule has 23 heavy (non-hydrogen) atoms. The summed E-state index contributed by atoms with van der Waals surface area (Å²) in [4.78, 5) is 2.57. The molecule has 5 heteroatoms. The summed E-state index contributed by atoms with van der Waals surface area (Å²) in [5.74, 6) is 2.08. The Bertz CT molecular complexity index is 632. The SMILES string of the molecule is CCn1c(SCCN2CCCCC2)nnc1-c1ccccc1C. The molecule has 2 heterocycles. The summed E-state index contributed by atoms with van der Waals surface area (Å²) < 4.78 is 2.24. The largest absolute Gasteiger partial charge is 0.303 e. The van der Waals surface area contributed by atoms with Gasteiger partial charge in [-0.2, -0.15) is 0 Å². The normalized spacial score (nSPS) is 15.9. The first-order chi connectivity index (χ1) is 11.3. The van der Waals surface area contributed by atoms with Crippen molar-refractivity contribution in [2.75, 3.05) is 25.4 Å². The van der Waals surface area contributed by atoms with Crippen LogP contribution in [0.2, 0.25) is 0 Å². The molecule has 4 nitrogen and oxygen atoms in total. The minimum atomic E-state index is 0.905. The zero-order chi connectivity index (χ0) is 16.1. The second-order valence-corrected chi connectivity index (χ2v) is 7.18. The fraction of sp³-hybridized carbons (Fsp3) is 0.556. The first kappa shape index (κ1) is 16.5. The molecular weight excluding hydrogens is 304 g/mol. The van der Waals surface area contributed by atoms with E-state index in [9.17, 15) is 0 Å². The van der Waals surface area contributed by atoms with Crippen molar-refractivity contribution < 1.29 is 0 Å². The molecule has 1 fully saturated rings. The van der Waals surface area contributed by atoms with Crippen molar-refractivity contribution in [1.82, 2.24) is 19.7 Å². The predicted octanol–water partition coefficient (Wildman–Crippen LogP) is 3.85. The monoisotopic (exact) mass is 330 g/mol. The second-order valence-electron chi connectivity index (χ2n) is 6.12. The Morgan fingerprint density at radius 3 is 2.61 bits per heavy atom. The molecule has 1 aliphatic heterocycles. The van der Waals surface area contributed by atoms with Crippen molar-refractivity contribution >= 4 is 11.8 Å². The maximum Gasteiger partial charge on any atom is 0.191 e. The van der Waals surface area contributed by atoms with Crippen molar-refractivity contribution in [2.45, 2.75) is 44.8 Å². The van der Waals surface area contributed by atoms with E-state index in [-0.39, 0.29) is 0 Å². The van der Waals surface area contributed by atoms with Gasteiger partial charge in [-0.1, -0.05) is 42.4 Å². The zero-order valence-corrected chi connectivity index (χ0v) is 15.0. The molecule has 1 aliphatic rings. The Labute approximate surface area is 143 Å². The van der Waals surface area contributed by atoms with Crippen LogP contribution in [-0.2, 0) is 6.54 Å². The molecule has 0 aliphatic carbocycles. The Hall–Kier alpha value is -1.33. The summed E-state index contributed by atoms with van der Waals surface area (Å²) in [6.07, 6.45) is 4.11. The van der Waals surface area contributed by atoms with Crippen LogP contribution in [0.25, 0.3) is 11.4 Å². The number of aryl methyl sites for hydroxylation is 1. The molecular formula is C18H26N4S. The van der Waals surface area contributed by atoms with Crippen molar-refractivity contribution in [3.63, 3.8) is 0 Å². The maximum atomic E-state index is 4.46. The Morgan fingerprint density at radius 1 is 1.09 bits per heavy atom. The summed E-state index contributed by atoms with van der Waals surface area (Å²) in [5, 5.41) is 9.95. The number of hydrogen-bond donors (Lipinski definition) is 0. The van der Waals surface area contributed by atoms with Crippen molar-refractivity contribution in [3.05, 3.63) is 29.8 Å². The molecule has 0 N–H and O–H groups in total. The average Bonchev–Trinajstić information content (AvgIpc) is 2.99. The number of piperidine rings is 1. The molecule has 0 atom stereocenters. The van der Waals surface area contributed by atoms with Crippen molar-refractivity contribution in [3.8, 4) is 11.4 Å². The lowest BCUT2D eigenvalue weighted by molar-refractivity contribution is 0.242. The van der Waals surface area contributed by atoms with E-state index in [1.807, 2.05) is 11.8 Å². The smallest absolute Gasteiger partial charge is 0.191 e. The lowest BCUT2D eigenvalue weighted by Gasteiger charge is -2.25. The highest BCUT2D eigenvalue weighted by atomic mass is 32.2. The average molecular weight is 331 g/mol.